The second-order valence-electron chi connectivity index (χ2n) is 6.48. The van der Waals surface area contributed by atoms with Crippen LogP contribution in [0.2, 0.25) is 0 Å². The largest absolute Gasteiger partial charge is 0.481 e. The molecule has 1 N–H and O–H groups in total. The SMILES string of the molecule is COc1nc(C)nc(NC2CCN(Cc3ccc(C)cc3)C2=O)c1C. The van der Waals surface area contributed by atoms with E-state index in [1.165, 1.54) is 5.56 Å². The molecule has 6 nitrogen and oxygen atoms in total. The van der Waals surface area contributed by atoms with Crippen LogP contribution in [0.15, 0.2) is 24.3 Å². The second-order valence-corrected chi connectivity index (χ2v) is 6.48. The lowest BCUT2D eigenvalue weighted by Crippen LogP contribution is -2.33. The minimum absolute atomic E-state index is 0.107. The summed E-state index contributed by atoms with van der Waals surface area (Å²) in [7, 11) is 1.59. The number of benzene rings is 1. The zero-order chi connectivity index (χ0) is 18.0. The van der Waals surface area contributed by atoms with E-state index in [0.717, 1.165) is 24.1 Å². The van der Waals surface area contributed by atoms with Crippen molar-refractivity contribution >= 4 is 11.7 Å². The highest BCUT2D eigenvalue weighted by atomic mass is 16.5. The first kappa shape index (κ1) is 17.2. The maximum atomic E-state index is 12.7. The number of rotatable bonds is 5. The van der Waals surface area contributed by atoms with Crippen molar-refractivity contribution in [3.63, 3.8) is 0 Å². The van der Waals surface area contributed by atoms with E-state index in [1.807, 2.05) is 18.7 Å². The lowest BCUT2D eigenvalue weighted by molar-refractivity contribution is -0.128. The maximum Gasteiger partial charge on any atom is 0.245 e. The molecule has 132 valence electrons. The number of methoxy groups -OCH3 is 1. The van der Waals surface area contributed by atoms with Gasteiger partial charge in [0.25, 0.3) is 0 Å². The number of ether oxygens (including phenoxy) is 1. The predicted octanol–water partition coefficient (Wildman–Crippen LogP) is 2.62. The van der Waals surface area contributed by atoms with Crippen LogP contribution in [0.25, 0.3) is 0 Å². The van der Waals surface area contributed by atoms with Crippen molar-refractivity contribution in [1.82, 2.24) is 14.9 Å². The Balaban J connectivity index is 1.70. The maximum absolute atomic E-state index is 12.7. The van der Waals surface area contributed by atoms with Crippen LogP contribution >= 0.6 is 0 Å². The summed E-state index contributed by atoms with van der Waals surface area (Å²) in [4.78, 5) is 23.3. The summed E-state index contributed by atoms with van der Waals surface area (Å²) in [6, 6.07) is 8.04. The number of likely N-dealkylation sites (tertiary alicyclic amines) is 1. The minimum atomic E-state index is -0.261. The van der Waals surface area contributed by atoms with Gasteiger partial charge in [-0.05, 0) is 32.8 Å². The van der Waals surface area contributed by atoms with E-state index in [-0.39, 0.29) is 11.9 Å². The number of anilines is 1. The molecule has 1 saturated heterocycles. The predicted molar refractivity (Wildman–Crippen MR) is 96.7 cm³/mol. The molecule has 0 spiro atoms. The molecule has 6 heteroatoms. The summed E-state index contributed by atoms with van der Waals surface area (Å²) in [5.74, 6) is 1.93. The smallest absolute Gasteiger partial charge is 0.245 e. The van der Waals surface area contributed by atoms with Gasteiger partial charge in [-0.1, -0.05) is 29.8 Å². The second kappa shape index (κ2) is 7.09. The number of nitrogens with zero attached hydrogens (tertiary/aromatic N) is 3. The summed E-state index contributed by atoms with van der Waals surface area (Å²) in [6.45, 7) is 7.15. The number of amides is 1. The quantitative estimate of drug-likeness (QED) is 0.906. The van der Waals surface area contributed by atoms with E-state index < -0.39 is 0 Å². The van der Waals surface area contributed by atoms with Gasteiger partial charge in [0.05, 0.1) is 12.7 Å². The fraction of sp³-hybridized carbons (Fsp3) is 0.421. The van der Waals surface area contributed by atoms with Gasteiger partial charge in [-0.25, -0.2) is 4.98 Å². The van der Waals surface area contributed by atoms with Gasteiger partial charge in [0, 0.05) is 13.1 Å². The molecule has 1 aliphatic rings. The number of nitrogens with one attached hydrogen (secondary N) is 1. The first-order chi connectivity index (χ1) is 12.0. The topological polar surface area (TPSA) is 67.4 Å². The molecule has 25 heavy (non-hydrogen) atoms. The van der Waals surface area contributed by atoms with Crippen LogP contribution in [0.3, 0.4) is 0 Å². The molecule has 2 heterocycles. The summed E-state index contributed by atoms with van der Waals surface area (Å²) in [6.07, 6.45) is 0.759. The van der Waals surface area contributed by atoms with Crippen LogP contribution in [-0.4, -0.2) is 40.5 Å². The summed E-state index contributed by atoms with van der Waals surface area (Å²) in [5, 5.41) is 3.28. The summed E-state index contributed by atoms with van der Waals surface area (Å²) >= 11 is 0. The number of carbonyl (C=O) groups excluding carboxylic acids is 1. The van der Waals surface area contributed by atoms with Crippen molar-refractivity contribution < 1.29 is 9.53 Å². The number of aryl methyl sites for hydroxylation is 2. The van der Waals surface area contributed by atoms with Crippen LogP contribution in [0.1, 0.15) is 28.9 Å². The van der Waals surface area contributed by atoms with Crippen LogP contribution in [0.5, 0.6) is 5.88 Å². The van der Waals surface area contributed by atoms with E-state index in [1.54, 1.807) is 7.11 Å². The molecule has 1 unspecified atom stereocenters. The lowest BCUT2D eigenvalue weighted by Gasteiger charge is -2.18. The van der Waals surface area contributed by atoms with Crippen LogP contribution in [0.4, 0.5) is 5.82 Å². The van der Waals surface area contributed by atoms with Crippen molar-refractivity contribution in [2.75, 3.05) is 19.0 Å². The first-order valence-corrected chi connectivity index (χ1v) is 8.48. The Morgan fingerprint density at radius 1 is 1.20 bits per heavy atom. The molecule has 1 aliphatic heterocycles. The van der Waals surface area contributed by atoms with E-state index in [2.05, 4.69) is 46.5 Å². The van der Waals surface area contributed by atoms with E-state index in [9.17, 15) is 4.79 Å². The highest BCUT2D eigenvalue weighted by Gasteiger charge is 2.32. The van der Waals surface area contributed by atoms with Crippen molar-refractivity contribution in [2.45, 2.75) is 39.8 Å². The highest BCUT2D eigenvalue weighted by molar-refractivity contribution is 5.86. The zero-order valence-corrected chi connectivity index (χ0v) is 15.2. The third-order valence-corrected chi connectivity index (χ3v) is 4.51. The van der Waals surface area contributed by atoms with Crippen molar-refractivity contribution in [1.29, 1.82) is 0 Å². The fourth-order valence-electron chi connectivity index (χ4n) is 3.05. The van der Waals surface area contributed by atoms with Gasteiger partial charge in [0.2, 0.25) is 11.8 Å². The molecular weight excluding hydrogens is 316 g/mol. The Labute approximate surface area is 148 Å². The molecule has 2 aromatic rings. The van der Waals surface area contributed by atoms with Crippen LogP contribution in [0, 0.1) is 20.8 Å². The molecule has 0 bridgehead atoms. The molecule has 0 radical (unpaired) electrons. The molecule has 0 saturated carbocycles. The van der Waals surface area contributed by atoms with Crippen LogP contribution < -0.4 is 10.1 Å². The normalized spacial score (nSPS) is 17.0. The molecule has 1 fully saturated rings. The van der Waals surface area contributed by atoms with Crippen molar-refractivity contribution in [3.8, 4) is 5.88 Å². The molecule has 0 aliphatic carbocycles. The average molecular weight is 340 g/mol. The number of carbonyl (C=O) groups is 1. The van der Waals surface area contributed by atoms with E-state index in [4.69, 9.17) is 4.74 Å². The Bertz CT molecular complexity index is 774. The molecule has 1 atom stereocenters. The van der Waals surface area contributed by atoms with Crippen LogP contribution in [-0.2, 0) is 11.3 Å². The Hall–Kier alpha value is -2.63. The Morgan fingerprint density at radius 3 is 2.60 bits per heavy atom. The first-order valence-electron chi connectivity index (χ1n) is 8.48. The van der Waals surface area contributed by atoms with Gasteiger partial charge in [-0.15, -0.1) is 0 Å². The van der Waals surface area contributed by atoms with E-state index in [0.29, 0.717) is 24.1 Å². The number of aromatic nitrogens is 2. The molecule has 3 rings (SSSR count). The van der Waals surface area contributed by atoms with Crippen molar-refractivity contribution in [2.24, 2.45) is 0 Å². The lowest BCUT2D eigenvalue weighted by atomic mass is 10.1. The number of hydrogen-bond acceptors (Lipinski definition) is 5. The summed E-state index contributed by atoms with van der Waals surface area (Å²) in [5.41, 5.74) is 3.19. The van der Waals surface area contributed by atoms with Gasteiger partial charge in [0.1, 0.15) is 17.7 Å². The minimum Gasteiger partial charge on any atom is -0.481 e. The Morgan fingerprint density at radius 2 is 1.92 bits per heavy atom. The zero-order valence-electron chi connectivity index (χ0n) is 15.2. The Kier molecular flexibility index (Phi) is 4.88. The van der Waals surface area contributed by atoms with Gasteiger partial charge in [-0.2, -0.15) is 4.98 Å². The summed E-state index contributed by atoms with van der Waals surface area (Å²) < 4.78 is 5.28. The van der Waals surface area contributed by atoms with Gasteiger partial charge in [0.15, 0.2) is 0 Å². The number of hydrogen-bond donors (Lipinski definition) is 1. The molecule has 1 amide bonds. The fourth-order valence-corrected chi connectivity index (χ4v) is 3.05. The highest BCUT2D eigenvalue weighted by Crippen LogP contribution is 2.25. The third kappa shape index (κ3) is 3.73. The molecular formula is C19H24N4O2. The van der Waals surface area contributed by atoms with Gasteiger partial charge >= 0.3 is 0 Å². The monoisotopic (exact) mass is 340 g/mol. The average Bonchev–Trinajstić information content (AvgIpc) is 2.93. The van der Waals surface area contributed by atoms with Gasteiger partial charge in [-0.3, -0.25) is 4.79 Å². The van der Waals surface area contributed by atoms with Gasteiger partial charge < -0.3 is 15.0 Å². The molecule has 1 aromatic heterocycles. The van der Waals surface area contributed by atoms with Crippen molar-refractivity contribution in [3.05, 3.63) is 46.8 Å². The standard InChI is InChI=1S/C19H24N4O2/c1-12-5-7-15(8-6-12)11-23-10-9-16(19(23)24)22-17-13(2)18(25-4)21-14(3)20-17/h5-8,16H,9-11H2,1-4H3,(H,20,21,22). The third-order valence-electron chi connectivity index (χ3n) is 4.51. The van der Waals surface area contributed by atoms with E-state index >= 15 is 0 Å². The molecule has 1 aromatic carbocycles.